The van der Waals surface area contributed by atoms with Crippen molar-refractivity contribution in [3.05, 3.63) is 70.5 Å². The number of carbonyl (C=O) groups is 1. The maximum atomic E-state index is 13.1. The van der Waals surface area contributed by atoms with E-state index in [1.165, 1.54) is 11.3 Å². The molecule has 2 aromatic rings. The summed E-state index contributed by atoms with van der Waals surface area (Å²) in [6.45, 7) is 5.44. The van der Waals surface area contributed by atoms with E-state index in [4.69, 9.17) is 4.74 Å². The first kappa shape index (κ1) is 24.7. The molecule has 0 fully saturated rings. The molecule has 0 spiro atoms. The summed E-state index contributed by atoms with van der Waals surface area (Å²) in [4.78, 5) is 19.9. The molecule has 4 rings (SSSR count). The minimum Gasteiger partial charge on any atom is -0.500 e. The van der Waals surface area contributed by atoms with Crippen molar-refractivity contribution in [3.63, 3.8) is 0 Å². The third kappa shape index (κ3) is 5.62. The highest BCUT2D eigenvalue weighted by Crippen LogP contribution is 2.36. The number of unbranched alkanes of at least 4 members (excludes halogenated alkanes) is 1. The quantitative estimate of drug-likeness (QED) is 0.320. The highest BCUT2D eigenvalue weighted by Gasteiger charge is 2.23. The van der Waals surface area contributed by atoms with E-state index in [-0.39, 0.29) is 12.4 Å². The van der Waals surface area contributed by atoms with Gasteiger partial charge in [0.15, 0.2) is 18.5 Å². The number of methoxy groups -OCH3 is 1. The van der Waals surface area contributed by atoms with Gasteiger partial charge in [-0.2, -0.15) is 0 Å². The summed E-state index contributed by atoms with van der Waals surface area (Å²) in [7, 11) is 3.72. The van der Waals surface area contributed by atoms with E-state index in [1.54, 1.807) is 7.11 Å². The molecule has 3 heterocycles. The molecule has 0 atom stereocenters. The molecule has 0 bridgehead atoms. The van der Waals surface area contributed by atoms with Crippen LogP contribution in [0.3, 0.4) is 0 Å². The van der Waals surface area contributed by atoms with Crippen LogP contribution in [0.2, 0.25) is 0 Å². The second kappa shape index (κ2) is 10.9. The van der Waals surface area contributed by atoms with Crippen LogP contribution in [-0.2, 0) is 4.74 Å². The lowest BCUT2D eigenvalue weighted by molar-refractivity contribution is -0.525. The maximum Gasteiger partial charge on any atom is 0.176 e. The van der Waals surface area contributed by atoms with Gasteiger partial charge < -0.3 is 20.1 Å². The zero-order chi connectivity index (χ0) is 24.9. The van der Waals surface area contributed by atoms with Crippen LogP contribution in [0, 0.1) is 13.8 Å². The first-order valence-electron chi connectivity index (χ1n) is 12.2. The van der Waals surface area contributed by atoms with Crippen LogP contribution in [-0.4, -0.2) is 60.5 Å². The van der Waals surface area contributed by atoms with Crippen molar-refractivity contribution in [1.82, 2.24) is 4.98 Å². The van der Waals surface area contributed by atoms with E-state index in [9.17, 15) is 9.90 Å². The fourth-order valence-corrected chi connectivity index (χ4v) is 4.60. The van der Waals surface area contributed by atoms with Gasteiger partial charge in [-0.3, -0.25) is 9.78 Å². The Morgan fingerprint density at radius 3 is 2.89 bits per heavy atom. The van der Waals surface area contributed by atoms with Gasteiger partial charge in [-0.25, -0.2) is 4.58 Å². The Balaban J connectivity index is 1.43. The smallest absolute Gasteiger partial charge is 0.176 e. The summed E-state index contributed by atoms with van der Waals surface area (Å²) < 4.78 is 7.67. The Labute approximate surface area is 207 Å². The van der Waals surface area contributed by atoms with Crippen molar-refractivity contribution >= 4 is 28.9 Å². The monoisotopic (exact) mass is 475 g/mol. The second-order valence-electron chi connectivity index (χ2n) is 9.17. The first-order chi connectivity index (χ1) is 16.9. The molecule has 1 aromatic heterocycles. The summed E-state index contributed by atoms with van der Waals surface area (Å²) in [6.07, 6.45) is 6.93. The van der Waals surface area contributed by atoms with Crippen LogP contribution in [0.25, 0.3) is 5.57 Å². The van der Waals surface area contributed by atoms with Crippen molar-refractivity contribution in [2.75, 3.05) is 44.1 Å². The molecule has 0 saturated heterocycles. The number of nitrogens with one attached hydrogen (secondary N) is 1. The van der Waals surface area contributed by atoms with Gasteiger partial charge in [-0.05, 0) is 62.6 Å². The predicted octanol–water partition coefficient (Wildman–Crippen LogP) is 4.29. The van der Waals surface area contributed by atoms with Crippen molar-refractivity contribution in [2.45, 2.75) is 39.5 Å². The van der Waals surface area contributed by atoms with Gasteiger partial charge in [0.1, 0.15) is 30.3 Å². The SMILES string of the molecule is COC1=C(c2cc(C(=O)CCC/C=C3/Nc4ccc(C)cc4N3C)cc(C)n2)C=[N+](CCO)CC1. The second-order valence-corrected chi connectivity index (χ2v) is 9.17. The maximum absolute atomic E-state index is 13.1. The lowest BCUT2D eigenvalue weighted by Crippen LogP contribution is -2.24. The highest BCUT2D eigenvalue weighted by molar-refractivity contribution is 6.09. The normalized spacial score (nSPS) is 16.3. The Morgan fingerprint density at radius 1 is 1.29 bits per heavy atom. The van der Waals surface area contributed by atoms with Crippen molar-refractivity contribution < 1.29 is 19.2 Å². The van der Waals surface area contributed by atoms with E-state index in [0.29, 0.717) is 18.5 Å². The van der Waals surface area contributed by atoms with E-state index < -0.39 is 0 Å². The Morgan fingerprint density at radius 2 is 2.11 bits per heavy atom. The number of aliphatic hydroxyl groups is 1. The zero-order valence-electron chi connectivity index (χ0n) is 21.1. The number of fused-ring (bicyclic) bond motifs is 1. The average molecular weight is 476 g/mol. The standard InChI is InChI=1S/C28H35N4O3/c1-19-9-10-23-25(15-19)31(3)28(30-23)8-6-5-7-26(34)21-16-20(2)29-24(17-21)22-18-32(13-14-33)12-11-27(22)35-4/h8-10,15-18,30,33H,5-7,11-14H2,1-4H3/q+1/b28-8-. The van der Waals surface area contributed by atoms with Gasteiger partial charge in [0, 0.05) is 24.7 Å². The molecule has 7 nitrogen and oxygen atoms in total. The van der Waals surface area contributed by atoms with Crippen LogP contribution >= 0.6 is 0 Å². The van der Waals surface area contributed by atoms with Crippen LogP contribution < -0.4 is 10.2 Å². The van der Waals surface area contributed by atoms with Gasteiger partial charge in [-0.1, -0.05) is 6.07 Å². The number of aliphatic hydroxyl groups excluding tert-OH is 1. The van der Waals surface area contributed by atoms with Gasteiger partial charge in [0.25, 0.3) is 0 Å². The molecule has 0 unspecified atom stereocenters. The van der Waals surface area contributed by atoms with E-state index in [0.717, 1.165) is 60.0 Å². The first-order valence-corrected chi connectivity index (χ1v) is 12.2. The Hall–Kier alpha value is -3.45. The molecule has 2 N–H and O–H groups in total. The summed E-state index contributed by atoms with van der Waals surface area (Å²) in [5, 5.41) is 12.8. The van der Waals surface area contributed by atoms with Crippen LogP contribution in [0.1, 0.15) is 53.0 Å². The van der Waals surface area contributed by atoms with Gasteiger partial charge in [0.2, 0.25) is 0 Å². The van der Waals surface area contributed by atoms with Gasteiger partial charge in [0.05, 0.1) is 30.6 Å². The van der Waals surface area contributed by atoms with Crippen LogP contribution in [0.5, 0.6) is 0 Å². The average Bonchev–Trinajstić information content (AvgIpc) is 3.16. The van der Waals surface area contributed by atoms with Gasteiger partial charge >= 0.3 is 0 Å². The molecule has 1 aromatic carbocycles. The molecule has 0 radical (unpaired) electrons. The van der Waals surface area contributed by atoms with Crippen LogP contribution in [0.15, 0.2) is 48.0 Å². The molecule has 0 amide bonds. The number of rotatable bonds is 9. The predicted molar refractivity (Wildman–Crippen MR) is 140 cm³/mol. The number of carbonyl (C=O) groups excluding carboxylic acids is 1. The topological polar surface area (TPSA) is 77.7 Å². The molecule has 35 heavy (non-hydrogen) atoms. The number of Topliss-reactive ketones (excluding diaryl/α,β-unsaturated/α-hetero) is 1. The number of hydrogen-bond acceptors (Lipinski definition) is 6. The number of ether oxygens (including phenoxy) is 1. The number of nitrogens with zero attached hydrogens (tertiary/aromatic N) is 3. The molecular formula is C28H35N4O3+. The number of aromatic nitrogens is 1. The highest BCUT2D eigenvalue weighted by atomic mass is 16.5. The number of ketones is 1. The zero-order valence-corrected chi connectivity index (χ0v) is 21.1. The van der Waals surface area contributed by atoms with E-state index in [2.05, 4.69) is 58.0 Å². The minimum atomic E-state index is 0.0876. The Bertz CT molecular complexity index is 1210. The number of allylic oxidation sites excluding steroid dienone is 2. The molecule has 2 aliphatic rings. The number of hydrogen-bond donors (Lipinski definition) is 2. The fraction of sp³-hybridized carbons (Fsp3) is 0.393. The van der Waals surface area contributed by atoms with E-state index >= 15 is 0 Å². The number of aryl methyl sites for hydroxylation is 2. The molecule has 0 saturated carbocycles. The molecule has 7 heteroatoms. The van der Waals surface area contributed by atoms with Crippen molar-refractivity contribution in [3.8, 4) is 0 Å². The lowest BCUT2D eigenvalue weighted by atomic mass is 10.0. The van der Waals surface area contributed by atoms with Crippen molar-refractivity contribution in [1.29, 1.82) is 0 Å². The summed E-state index contributed by atoms with van der Waals surface area (Å²) in [5.41, 5.74) is 6.61. The minimum absolute atomic E-state index is 0.0876. The summed E-state index contributed by atoms with van der Waals surface area (Å²) in [5.74, 6) is 2.02. The Kier molecular flexibility index (Phi) is 7.66. The largest absolute Gasteiger partial charge is 0.500 e. The third-order valence-corrected chi connectivity index (χ3v) is 6.51. The molecule has 0 aliphatic carbocycles. The van der Waals surface area contributed by atoms with E-state index in [1.807, 2.05) is 25.3 Å². The summed E-state index contributed by atoms with van der Waals surface area (Å²) in [6, 6.07) is 10.1. The lowest BCUT2D eigenvalue weighted by Gasteiger charge is -2.16. The molecule has 184 valence electrons. The molecular weight excluding hydrogens is 440 g/mol. The molecule has 2 aliphatic heterocycles. The third-order valence-electron chi connectivity index (χ3n) is 6.51. The number of pyridine rings is 1. The van der Waals surface area contributed by atoms with Crippen molar-refractivity contribution in [2.24, 2.45) is 0 Å². The number of anilines is 2. The van der Waals surface area contributed by atoms with Gasteiger partial charge in [-0.15, -0.1) is 0 Å². The number of benzene rings is 1. The fourth-order valence-electron chi connectivity index (χ4n) is 4.60. The number of β-amino-alcohol motifs (C(OH)–C–C–N with tert-alkyl or cyclic N) is 1. The van der Waals surface area contributed by atoms with Crippen LogP contribution in [0.4, 0.5) is 11.4 Å². The summed E-state index contributed by atoms with van der Waals surface area (Å²) >= 11 is 0.